The zero-order valence-electron chi connectivity index (χ0n) is 19.3. The fourth-order valence-electron chi connectivity index (χ4n) is 4.24. The van der Waals surface area contributed by atoms with Crippen molar-refractivity contribution in [3.05, 3.63) is 69.7 Å². The Hall–Kier alpha value is -3.44. The summed E-state index contributed by atoms with van der Waals surface area (Å²) in [6, 6.07) is 7.52. The number of halogens is 4. The molecule has 0 spiro atoms. The fourth-order valence-corrected chi connectivity index (χ4v) is 4.40. The summed E-state index contributed by atoms with van der Waals surface area (Å²) in [6.45, 7) is 1.33. The van der Waals surface area contributed by atoms with Crippen molar-refractivity contribution in [3.63, 3.8) is 0 Å². The third kappa shape index (κ3) is 4.80. The lowest BCUT2D eigenvalue weighted by molar-refractivity contribution is 0.00258. The third-order valence-corrected chi connectivity index (χ3v) is 6.21. The van der Waals surface area contributed by atoms with Crippen molar-refractivity contribution < 1.29 is 17.9 Å². The second-order valence-corrected chi connectivity index (χ2v) is 9.02. The zero-order chi connectivity index (χ0) is 25.4. The van der Waals surface area contributed by atoms with Crippen LogP contribution in [-0.2, 0) is 24.8 Å². The van der Waals surface area contributed by atoms with Gasteiger partial charge in [0, 0.05) is 43.1 Å². The first-order valence-electron chi connectivity index (χ1n) is 11.3. The molecule has 0 atom stereocenters. The molecule has 0 saturated carbocycles. The molecule has 1 aromatic carbocycles. The molecule has 6 rings (SSSR count). The van der Waals surface area contributed by atoms with Crippen molar-refractivity contribution in [2.75, 3.05) is 31.2 Å². The molecule has 36 heavy (non-hydrogen) atoms. The molecule has 5 heterocycles. The number of aryl methyl sites for hydroxylation is 1. The van der Waals surface area contributed by atoms with E-state index in [2.05, 4.69) is 15.1 Å². The van der Waals surface area contributed by atoms with Crippen LogP contribution in [0.1, 0.15) is 5.82 Å². The van der Waals surface area contributed by atoms with Gasteiger partial charge in [-0.2, -0.15) is 5.10 Å². The lowest BCUT2D eigenvalue weighted by Crippen LogP contribution is -2.37. The average molecular weight is 519 g/mol. The van der Waals surface area contributed by atoms with Crippen LogP contribution in [0.4, 0.5) is 19.0 Å². The Kier molecular flexibility index (Phi) is 6.44. The number of alkyl halides is 2. The molecule has 0 bridgehead atoms. The second kappa shape index (κ2) is 9.55. The zero-order valence-corrected chi connectivity index (χ0v) is 20.1. The van der Waals surface area contributed by atoms with E-state index in [0.717, 1.165) is 10.6 Å². The van der Waals surface area contributed by atoms with Gasteiger partial charge in [-0.1, -0.05) is 11.6 Å². The Bertz CT molecular complexity index is 1470. The maximum atomic E-state index is 14.7. The summed E-state index contributed by atoms with van der Waals surface area (Å²) < 4.78 is 50.8. The number of anilines is 1. The van der Waals surface area contributed by atoms with Gasteiger partial charge < -0.3 is 9.64 Å². The van der Waals surface area contributed by atoms with Crippen LogP contribution in [0.25, 0.3) is 22.2 Å². The lowest BCUT2D eigenvalue weighted by atomic mass is 10.1. The molecule has 0 amide bonds. The molecule has 2 aliphatic rings. The summed E-state index contributed by atoms with van der Waals surface area (Å²) in [6.07, 6.45) is 2.99. The number of ether oxygens (including phenoxy) is 1. The Labute approximate surface area is 208 Å². The van der Waals surface area contributed by atoms with Crippen molar-refractivity contribution in [2.45, 2.75) is 18.9 Å². The first-order valence-corrected chi connectivity index (χ1v) is 11.6. The van der Waals surface area contributed by atoms with Gasteiger partial charge in [0.15, 0.2) is 0 Å². The predicted molar refractivity (Wildman–Crippen MR) is 129 cm³/mol. The first kappa shape index (κ1) is 24.3. The van der Waals surface area contributed by atoms with Crippen LogP contribution < -0.4 is 10.5 Å². The molecule has 1 saturated heterocycles. The van der Waals surface area contributed by atoms with Crippen LogP contribution >= 0.6 is 11.6 Å². The highest BCUT2D eigenvalue weighted by atomic mass is 35.5. The molecule has 8 nitrogen and oxygen atoms in total. The maximum Gasteiger partial charge on any atom is 0.272 e. The summed E-state index contributed by atoms with van der Waals surface area (Å²) in [4.78, 5) is 23.9. The van der Waals surface area contributed by atoms with Crippen molar-refractivity contribution in [1.82, 2.24) is 24.3 Å². The molecular formula is C24H22ClF3N6O2. The number of benzene rings is 1. The SMILES string of the molecule is Cn1cccn1.O=c1c2cc(N3CCOCC3)nc(-c3ccc(Cl)cc3F)c2nc2n1CC(F)(F)C2. The number of fused-ring (bicyclic) bond motifs is 2. The smallest absolute Gasteiger partial charge is 0.272 e. The van der Waals surface area contributed by atoms with E-state index in [9.17, 15) is 18.0 Å². The molecule has 2 aliphatic heterocycles. The van der Waals surface area contributed by atoms with E-state index in [-0.39, 0.29) is 33.0 Å². The number of nitrogens with zero attached hydrogens (tertiary/aromatic N) is 6. The average Bonchev–Trinajstić information content (AvgIpc) is 3.45. The van der Waals surface area contributed by atoms with Gasteiger partial charge in [-0.05, 0) is 30.3 Å². The molecule has 4 aromatic rings. The van der Waals surface area contributed by atoms with Crippen LogP contribution in [0.2, 0.25) is 5.02 Å². The minimum Gasteiger partial charge on any atom is -0.378 e. The van der Waals surface area contributed by atoms with Gasteiger partial charge >= 0.3 is 0 Å². The summed E-state index contributed by atoms with van der Waals surface area (Å²) in [5, 5.41) is 4.16. The minimum absolute atomic E-state index is 0.0333. The van der Waals surface area contributed by atoms with Crippen LogP contribution in [0.15, 0.2) is 47.5 Å². The highest BCUT2D eigenvalue weighted by molar-refractivity contribution is 6.30. The van der Waals surface area contributed by atoms with Gasteiger partial charge in [0.1, 0.15) is 28.7 Å². The second-order valence-electron chi connectivity index (χ2n) is 8.58. The molecule has 188 valence electrons. The fraction of sp³-hybridized carbons (Fsp3) is 0.333. The topological polar surface area (TPSA) is 78.1 Å². The van der Waals surface area contributed by atoms with Crippen molar-refractivity contribution in [3.8, 4) is 11.3 Å². The Morgan fingerprint density at radius 3 is 2.56 bits per heavy atom. The molecule has 1 fully saturated rings. The van der Waals surface area contributed by atoms with E-state index < -0.39 is 30.3 Å². The molecule has 12 heteroatoms. The van der Waals surface area contributed by atoms with Crippen LogP contribution in [0.3, 0.4) is 0 Å². The Balaban J connectivity index is 0.000000391. The van der Waals surface area contributed by atoms with Crippen LogP contribution in [0.5, 0.6) is 0 Å². The number of pyridine rings is 1. The minimum atomic E-state index is -3.05. The number of hydrogen-bond donors (Lipinski definition) is 0. The lowest BCUT2D eigenvalue weighted by Gasteiger charge is -2.28. The highest BCUT2D eigenvalue weighted by Crippen LogP contribution is 2.34. The Morgan fingerprint density at radius 2 is 1.92 bits per heavy atom. The summed E-state index contributed by atoms with van der Waals surface area (Å²) >= 11 is 5.87. The molecule has 0 radical (unpaired) electrons. The molecule has 0 N–H and O–H groups in total. The van der Waals surface area contributed by atoms with E-state index in [1.165, 1.54) is 18.2 Å². The molecule has 0 unspecified atom stereocenters. The van der Waals surface area contributed by atoms with Crippen molar-refractivity contribution in [1.29, 1.82) is 0 Å². The normalized spacial score (nSPS) is 16.5. The number of hydrogen-bond acceptors (Lipinski definition) is 6. The van der Waals surface area contributed by atoms with E-state index in [4.69, 9.17) is 16.3 Å². The van der Waals surface area contributed by atoms with E-state index in [0.29, 0.717) is 32.1 Å². The number of rotatable bonds is 2. The molecule has 0 aliphatic carbocycles. The monoisotopic (exact) mass is 518 g/mol. The number of morpholine rings is 1. The Morgan fingerprint density at radius 1 is 1.14 bits per heavy atom. The maximum absolute atomic E-state index is 14.7. The van der Waals surface area contributed by atoms with Crippen molar-refractivity contribution >= 4 is 28.3 Å². The molecular weight excluding hydrogens is 497 g/mol. The van der Waals surface area contributed by atoms with Crippen LogP contribution in [0, 0.1) is 5.82 Å². The first-order chi connectivity index (χ1) is 17.2. The van der Waals surface area contributed by atoms with E-state index in [1.807, 2.05) is 24.2 Å². The largest absolute Gasteiger partial charge is 0.378 e. The van der Waals surface area contributed by atoms with Gasteiger partial charge in [0.2, 0.25) is 0 Å². The standard InChI is InChI=1S/C20H16ClF3N4O2.C4H6N2/c21-11-1-2-12(14(22)7-11)17-18-13(8-15(25-17)27-3-5-30-6-4-27)19(29)28-10-20(23,24)9-16(28)26-18;1-6-4-2-3-5-6/h1-2,7-8H,3-6,9-10H2;2-4H,1H3. The summed E-state index contributed by atoms with van der Waals surface area (Å²) in [5.74, 6) is -3.28. The third-order valence-electron chi connectivity index (χ3n) is 5.97. The molecule has 3 aromatic heterocycles. The predicted octanol–water partition coefficient (Wildman–Crippen LogP) is 3.70. The van der Waals surface area contributed by atoms with Gasteiger partial charge in [-0.25, -0.2) is 23.1 Å². The summed E-state index contributed by atoms with van der Waals surface area (Å²) in [7, 11) is 1.89. The van der Waals surface area contributed by atoms with Gasteiger partial charge in [0.05, 0.1) is 31.6 Å². The van der Waals surface area contributed by atoms with Crippen LogP contribution in [-0.4, -0.2) is 56.5 Å². The van der Waals surface area contributed by atoms with Gasteiger partial charge in [-0.3, -0.25) is 14.0 Å². The van der Waals surface area contributed by atoms with Gasteiger partial charge in [-0.15, -0.1) is 0 Å². The quantitative estimate of drug-likeness (QED) is 0.403. The van der Waals surface area contributed by atoms with E-state index in [1.54, 1.807) is 10.9 Å². The number of aromatic nitrogens is 5. The summed E-state index contributed by atoms with van der Waals surface area (Å²) in [5.41, 5.74) is -0.262. The highest BCUT2D eigenvalue weighted by Gasteiger charge is 2.40. The van der Waals surface area contributed by atoms with Crippen molar-refractivity contribution in [2.24, 2.45) is 7.05 Å². The van der Waals surface area contributed by atoms with E-state index >= 15 is 0 Å². The van der Waals surface area contributed by atoms with Gasteiger partial charge in [0.25, 0.3) is 11.5 Å².